The third-order valence-corrected chi connectivity index (χ3v) is 3.31. The van der Waals surface area contributed by atoms with Gasteiger partial charge in [-0.05, 0) is 5.41 Å². The Kier molecular flexibility index (Phi) is 5.75. The van der Waals surface area contributed by atoms with Gasteiger partial charge in [0.05, 0.1) is 0 Å². The quantitative estimate of drug-likeness (QED) is 0.601. The standard InChI is InChI=1S/C13H25N3O3/c1-13(2,3)10(12(18)19)11(17)15-6-9-16-7-4-14-5-8-16/h10,14H,4-9H2,1-3H3,(H,15,17)(H,18,19). The fourth-order valence-electron chi connectivity index (χ4n) is 2.25. The molecule has 1 aliphatic heterocycles. The van der Waals surface area contributed by atoms with Crippen LogP contribution >= 0.6 is 0 Å². The second-order valence-corrected chi connectivity index (χ2v) is 6.02. The van der Waals surface area contributed by atoms with Crippen LogP contribution in [0.15, 0.2) is 0 Å². The number of aliphatic carboxylic acids is 1. The fourth-order valence-corrected chi connectivity index (χ4v) is 2.25. The normalized spacial score (nSPS) is 18.9. The van der Waals surface area contributed by atoms with Crippen molar-refractivity contribution in [1.82, 2.24) is 15.5 Å². The summed E-state index contributed by atoms with van der Waals surface area (Å²) in [7, 11) is 0. The molecule has 0 saturated carbocycles. The van der Waals surface area contributed by atoms with E-state index >= 15 is 0 Å². The molecule has 110 valence electrons. The number of hydrogen-bond acceptors (Lipinski definition) is 4. The van der Waals surface area contributed by atoms with Gasteiger partial charge in [-0.25, -0.2) is 0 Å². The molecule has 1 amide bonds. The van der Waals surface area contributed by atoms with Crippen LogP contribution in [0.3, 0.4) is 0 Å². The van der Waals surface area contributed by atoms with E-state index in [0.717, 1.165) is 32.7 Å². The van der Waals surface area contributed by atoms with Crippen LogP contribution in [0.4, 0.5) is 0 Å². The monoisotopic (exact) mass is 271 g/mol. The van der Waals surface area contributed by atoms with E-state index in [1.807, 2.05) is 0 Å². The molecule has 1 aliphatic rings. The van der Waals surface area contributed by atoms with Gasteiger partial charge < -0.3 is 15.7 Å². The highest BCUT2D eigenvalue weighted by atomic mass is 16.4. The molecule has 0 aliphatic carbocycles. The molecule has 6 nitrogen and oxygen atoms in total. The van der Waals surface area contributed by atoms with Gasteiger partial charge in [0.25, 0.3) is 0 Å². The number of carboxylic acid groups (broad SMARTS) is 1. The predicted molar refractivity (Wildman–Crippen MR) is 72.9 cm³/mol. The summed E-state index contributed by atoms with van der Waals surface area (Å²) in [5, 5.41) is 15.1. The van der Waals surface area contributed by atoms with E-state index in [9.17, 15) is 9.59 Å². The summed E-state index contributed by atoms with van der Waals surface area (Å²) in [6.45, 7) is 10.4. The number of carboxylic acids is 1. The third kappa shape index (κ3) is 5.16. The first-order valence-corrected chi connectivity index (χ1v) is 6.76. The fraction of sp³-hybridized carbons (Fsp3) is 0.846. The Labute approximate surface area is 114 Å². The zero-order valence-corrected chi connectivity index (χ0v) is 12.0. The van der Waals surface area contributed by atoms with Crippen molar-refractivity contribution in [3.05, 3.63) is 0 Å². The molecule has 1 heterocycles. The summed E-state index contributed by atoms with van der Waals surface area (Å²) < 4.78 is 0. The molecule has 0 spiro atoms. The molecule has 0 radical (unpaired) electrons. The largest absolute Gasteiger partial charge is 0.481 e. The SMILES string of the molecule is CC(C)(C)C(C(=O)O)C(=O)NCCN1CCNCC1. The van der Waals surface area contributed by atoms with Crippen LogP contribution in [-0.4, -0.2) is 61.2 Å². The molecule has 1 rings (SSSR count). The maximum Gasteiger partial charge on any atom is 0.316 e. The van der Waals surface area contributed by atoms with Gasteiger partial charge in [0.2, 0.25) is 5.91 Å². The smallest absolute Gasteiger partial charge is 0.316 e. The maximum absolute atomic E-state index is 12.0. The van der Waals surface area contributed by atoms with Crippen molar-refractivity contribution in [2.24, 2.45) is 11.3 Å². The lowest BCUT2D eigenvalue weighted by Gasteiger charge is -2.28. The summed E-state index contributed by atoms with van der Waals surface area (Å²) in [4.78, 5) is 25.4. The molecule has 1 saturated heterocycles. The molecule has 19 heavy (non-hydrogen) atoms. The summed E-state index contributed by atoms with van der Waals surface area (Å²) >= 11 is 0. The number of hydrogen-bond donors (Lipinski definition) is 3. The van der Waals surface area contributed by atoms with E-state index in [4.69, 9.17) is 5.11 Å². The van der Waals surface area contributed by atoms with Crippen LogP contribution < -0.4 is 10.6 Å². The topological polar surface area (TPSA) is 81.7 Å². The van der Waals surface area contributed by atoms with E-state index < -0.39 is 23.2 Å². The van der Waals surface area contributed by atoms with Crippen molar-refractivity contribution < 1.29 is 14.7 Å². The van der Waals surface area contributed by atoms with E-state index in [-0.39, 0.29) is 0 Å². The van der Waals surface area contributed by atoms with E-state index in [2.05, 4.69) is 15.5 Å². The van der Waals surface area contributed by atoms with Crippen molar-refractivity contribution in [1.29, 1.82) is 0 Å². The number of carbonyl (C=O) groups is 2. The van der Waals surface area contributed by atoms with E-state index in [1.165, 1.54) is 0 Å². The van der Waals surface area contributed by atoms with Crippen LogP contribution in [0.2, 0.25) is 0 Å². The Bertz CT molecular complexity index is 320. The van der Waals surface area contributed by atoms with Crippen LogP contribution in [0.5, 0.6) is 0 Å². The van der Waals surface area contributed by atoms with Gasteiger partial charge in [-0.2, -0.15) is 0 Å². The van der Waals surface area contributed by atoms with Crippen LogP contribution in [0.1, 0.15) is 20.8 Å². The van der Waals surface area contributed by atoms with Crippen molar-refractivity contribution in [2.45, 2.75) is 20.8 Å². The summed E-state index contributed by atoms with van der Waals surface area (Å²) in [6.07, 6.45) is 0. The Balaban J connectivity index is 2.38. The highest BCUT2D eigenvalue weighted by molar-refractivity contribution is 5.97. The van der Waals surface area contributed by atoms with Crippen LogP contribution in [0, 0.1) is 11.3 Å². The molecule has 1 unspecified atom stereocenters. The Morgan fingerprint density at radius 3 is 2.37 bits per heavy atom. The molecule has 1 atom stereocenters. The van der Waals surface area contributed by atoms with E-state index in [0.29, 0.717) is 6.54 Å². The molecule has 0 bridgehead atoms. The highest BCUT2D eigenvalue weighted by Gasteiger charge is 2.37. The third-order valence-electron chi connectivity index (χ3n) is 3.31. The Hall–Kier alpha value is -1.14. The Morgan fingerprint density at radius 2 is 1.89 bits per heavy atom. The lowest BCUT2D eigenvalue weighted by atomic mass is 9.80. The number of amides is 1. The van der Waals surface area contributed by atoms with Crippen molar-refractivity contribution in [3.63, 3.8) is 0 Å². The van der Waals surface area contributed by atoms with Gasteiger partial charge in [-0.1, -0.05) is 20.8 Å². The zero-order valence-electron chi connectivity index (χ0n) is 12.0. The minimum Gasteiger partial charge on any atom is -0.481 e. The summed E-state index contributed by atoms with van der Waals surface area (Å²) in [5.41, 5.74) is -0.578. The van der Waals surface area contributed by atoms with Gasteiger partial charge >= 0.3 is 5.97 Å². The molecular formula is C13H25N3O3. The summed E-state index contributed by atoms with van der Waals surface area (Å²) in [5.74, 6) is -2.46. The maximum atomic E-state index is 12.0. The number of nitrogens with one attached hydrogen (secondary N) is 2. The molecular weight excluding hydrogens is 246 g/mol. The minimum atomic E-state index is -1.06. The predicted octanol–water partition coefficient (Wildman–Crippen LogP) is -0.245. The van der Waals surface area contributed by atoms with Crippen LogP contribution in [0.25, 0.3) is 0 Å². The molecule has 0 aromatic rings. The van der Waals surface area contributed by atoms with Gasteiger partial charge in [0.15, 0.2) is 0 Å². The number of piperazine rings is 1. The average Bonchev–Trinajstić information content (AvgIpc) is 2.27. The highest BCUT2D eigenvalue weighted by Crippen LogP contribution is 2.26. The van der Waals surface area contributed by atoms with Crippen LogP contribution in [-0.2, 0) is 9.59 Å². The van der Waals surface area contributed by atoms with Gasteiger partial charge in [-0.3, -0.25) is 14.5 Å². The van der Waals surface area contributed by atoms with Crippen molar-refractivity contribution >= 4 is 11.9 Å². The number of nitrogens with zero attached hydrogens (tertiary/aromatic N) is 1. The zero-order chi connectivity index (χ0) is 14.5. The average molecular weight is 271 g/mol. The molecule has 6 heteroatoms. The first kappa shape index (κ1) is 15.9. The second-order valence-electron chi connectivity index (χ2n) is 6.02. The first-order chi connectivity index (χ1) is 8.82. The molecule has 0 aromatic heterocycles. The van der Waals surface area contributed by atoms with Gasteiger partial charge in [0, 0.05) is 39.3 Å². The lowest BCUT2D eigenvalue weighted by molar-refractivity contribution is -0.151. The van der Waals surface area contributed by atoms with Gasteiger partial charge in [-0.15, -0.1) is 0 Å². The van der Waals surface area contributed by atoms with Crippen molar-refractivity contribution in [3.8, 4) is 0 Å². The molecule has 3 N–H and O–H groups in total. The second kappa shape index (κ2) is 6.86. The summed E-state index contributed by atoms with van der Waals surface area (Å²) in [6, 6.07) is 0. The lowest BCUT2D eigenvalue weighted by Crippen LogP contribution is -2.48. The number of carbonyl (C=O) groups excluding carboxylic acids is 1. The first-order valence-electron chi connectivity index (χ1n) is 6.76. The molecule has 1 fully saturated rings. The van der Waals surface area contributed by atoms with Crippen molar-refractivity contribution in [2.75, 3.05) is 39.3 Å². The molecule has 0 aromatic carbocycles. The number of rotatable bonds is 5. The Morgan fingerprint density at radius 1 is 1.32 bits per heavy atom. The van der Waals surface area contributed by atoms with Gasteiger partial charge in [0.1, 0.15) is 5.92 Å². The van der Waals surface area contributed by atoms with E-state index in [1.54, 1.807) is 20.8 Å². The minimum absolute atomic E-state index is 0.393.